The van der Waals surface area contributed by atoms with Crippen LogP contribution in [0.1, 0.15) is 12.8 Å². The molecule has 0 saturated heterocycles. The van der Waals surface area contributed by atoms with E-state index in [0.29, 0.717) is 18.6 Å². The summed E-state index contributed by atoms with van der Waals surface area (Å²) in [5.74, 6) is 1.35. The van der Waals surface area contributed by atoms with Gasteiger partial charge in [0.05, 0.1) is 20.1 Å². The van der Waals surface area contributed by atoms with Crippen LogP contribution in [0.2, 0.25) is 0 Å². The number of nitrogens with two attached hydrogens (primary N) is 1. The van der Waals surface area contributed by atoms with Gasteiger partial charge in [-0.2, -0.15) is 0 Å². The fraction of sp³-hybridized carbons (Fsp3) is 0.750. The number of carbonyl (C=O) groups excluding carboxylic acids is 2. The lowest BCUT2D eigenvalue weighted by Crippen LogP contribution is -2.13. The van der Waals surface area contributed by atoms with Crippen LogP contribution in [0.25, 0.3) is 0 Å². The van der Waals surface area contributed by atoms with Crippen molar-refractivity contribution in [3.05, 3.63) is 0 Å². The lowest BCUT2D eigenvalue weighted by atomic mass is 10.3. The SMILES string of the molecule is COC(=O)CCSSCCC(=O)CN. The van der Waals surface area contributed by atoms with Crippen molar-refractivity contribution in [2.45, 2.75) is 12.8 Å². The number of Topliss-reactive ketones (excluding diaryl/α,β-unsaturated/α-hetero) is 1. The number of hydrogen-bond donors (Lipinski definition) is 1. The zero-order valence-corrected chi connectivity index (χ0v) is 9.79. The highest BCUT2D eigenvalue weighted by atomic mass is 33.1. The smallest absolute Gasteiger partial charge is 0.306 e. The molecule has 4 nitrogen and oxygen atoms in total. The van der Waals surface area contributed by atoms with E-state index in [1.54, 1.807) is 21.6 Å². The van der Waals surface area contributed by atoms with Gasteiger partial charge in [-0.3, -0.25) is 9.59 Å². The number of hydrogen-bond acceptors (Lipinski definition) is 6. The summed E-state index contributed by atoms with van der Waals surface area (Å²) >= 11 is 0. The second-order valence-corrected chi connectivity index (χ2v) is 5.16. The number of esters is 1. The van der Waals surface area contributed by atoms with Gasteiger partial charge in [0, 0.05) is 17.9 Å². The molecule has 0 unspecified atom stereocenters. The molecular weight excluding hydrogens is 222 g/mol. The molecule has 0 atom stereocenters. The zero-order chi connectivity index (χ0) is 10.8. The van der Waals surface area contributed by atoms with Crippen LogP contribution >= 0.6 is 21.6 Å². The van der Waals surface area contributed by atoms with Crippen LogP contribution in [-0.4, -0.2) is 36.9 Å². The fourth-order valence-corrected chi connectivity index (χ4v) is 2.61. The Morgan fingerprint density at radius 3 is 2.29 bits per heavy atom. The molecule has 0 bridgehead atoms. The number of methoxy groups -OCH3 is 1. The molecule has 0 radical (unpaired) electrons. The Bertz CT molecular complexity index is 167. The summed E-state index contributed by atoms with van der Waals surface area (Å²) < 4.78 is 4.48. The van der Waals surface area contributed by atoms with Crippen molar-refractivity contribution in [3.63, 3.8) is 0 Å². The van der Waals surface area contributed by atoms with E-state index in [1.807, 2.05) is 0 Å². The maximum atomic E-state index is 10.8. The van der Waals surface area contributed by atoms with E-state index >= 15 is 0 Å². The third kappa shape index (κ3) is 8.40. The molecule has 0 aliphatic carbocycles. The Morgan fingerprint density at radius 1 is 1.21 bits per heavy atom. The van der Waals surface area contributed by atoms with Crippen LogP contribution in [0.3, 0.4) is 0 Å². The van der Waals surface area contributed by atoms with E-state index in [0.717, 1.165) is 5.75 Å². The molecule has 0 fully saturated rings. The van der Waals surface area contributed by atoms with Crippen LogP contribution in [0.15, 0.2) is 0 Å². The van der Waals surface area contributed by atoms with Gasteiger partial charge in [0.15, 0.2) is 0 Å². The van der Waals surface area contributed by atoms with Crippen molar-refractivity contribution < 1.29 is 14.3 Å². The van der Waals surface area contributed by atoms with Crippen LogP contribution in [0.5, 0.6) is 0 Å². The lowest BCUT2D eigenvalue weighted by molar-refractivity contribution is -0.140. The molecule has 2 N–H and O–H groups in total. The van der Waals surface area contributed by atoms with Crippen LogP contribution < -0.4 is 5.73 Å². The molecule has 0 aromatic rings. The molecule has 0 spiro atoms. The largest absolute Gasteiger partial charge is 0.469 e. The van der Waals surface area contributed by atoms with E-state index in [2.05, 4.69) is 4.74 Å². The van der Waals surface area contributed by atoms with Gasteiger partial charge in [-0.15, -0.1) is 0 Å². The Balaban J connectivity index is 3.14. The Hall–Kier alpha value is -0.200. The molecule has 0 aromatic heterocycles. The Labute approximate surface area is 91.7 Å². The molecule has 0 aromatic carbocycles. The van der Waals surface area contributed by atoms with Gasteiger partial charge >= 0.3 is 5.97 Å². The number of rotatable bonds is 8. The molecule has 6 heteroatoms. The molecule has 0 rings (SSSR count). The van der Waals surface area contributed by atoms with Crippen LogP contribution in [-0.2, 0) is 14.3 Å². The van der Waals surface area contributed by atoms with Gasteiger partial charge in [-0.1, -0.05) is 21.6 Å². The van der Waals surface area contributed by atoms with Gasteiger partial charge in [0.2, 0.25) is 0 Å². The molecule has 0 heterocycles. The molecule has 0 aliphatic rings. The average molecular weight is 237 g/mol. The quantitative estimate of drug-likeness (QED) is 0.383. The summed E-state index contributed by atoms with van der Waals surface area (Å²) in [6.07, 6.45) is 0.922. The third-order valence-corrected chi connectivity index (χ3v) is 3.80. The molecule has 14 heavy (non-hydrogen) atoms. The van der Waals surface area contributed by atoms with Crippen molar-refractivity contribution in [3.8, 4) is 0 Å². The van der Waals surface area contributed by atoms with Crippen molar-refractivity contribution in [2.24, 2.45) is 5.73 Å². The summed E-state index contributed by atoms with van der Waals surface area (Å²) in [4.78, 5) is 21.5. The summed E-state index contributed by atoms with van der Waals surface area (Å²) in [6.45, 7) is 0.118. The molecule has 0 saturated carbocycles. The molecule has 82 valence electrons. The van der Waals surface area contributed by atoms with E-state index in [-0.39, 0.29) is 18.3 Å². The van der Waals surface area contributed by atoms with E-state index in [4.69, 9.17) is 5.73 Å². The van der Waals surface area contributed by atoms with Crippen molar-refractivity contribution in [1.82, 2.24) is 0 Å². The second kappa shape index (κ2) is 9.36. The second-order valence-electron chi connectivity index (χ2n) is 2.46. The first-order chi connectivity index (χ1) is 6.70. The summed E-state index contributed by atoms with van der Waals surface area (Å²) in [7, 11) is 4.53. The normalized spacial score (nSPS) is 9.86. The fourth-order valence-electron chi connectivity index (χ4n) is 0.602. The van der Waals surface area contributed by atoms with Crippen molar-refractivity contribution in [1.29, 1.82) is 0 Å². The maximum Gasteiger partial charge on any atom is 0.306 e. The van der Waals surface area contributed by atoms with Crippen LogP contribution in [0.4, 0.5) is 0 Å². The monoisotopic (exact) mass is 237 g/mol. The van der Waals surface area contributed by atoms with Gasteiger partial charge in [-0.05, 0) is 0 Å². The predicted octanol–water partition coefficient (Wildman–Crippen LogP) is 0.849. The topological polar surface area (TPSA) is 69.4 Å². The van der Waals surface area contributed by atoms with Crippen LogP contribution in [0, 0.1) is 0 Å². The highest BCUT2D eigenvalue weighted by Gasteiger charge is 2.01. The highest BCUT2D eigenvalue weighted by Crippen LogP contribution is 2.22. The van der Waals surface area contributed by atoms with Crippen molar-refractivity contribution >= 4 is 33.3 Å². The zero-order valence-electron chi connectivity index (χ0n) is 8.15. The average Bonchev–Trinajstić information content (AvgIpc) is 2.22. The minimum absolute atomic E-state index is 0.0751. The van der Waals surface area contributed by atoms with E-state index in [1.165, 1.54) is 7.11 Å². The highest BCUT2D eigenvalue weighted by molar-refractivity contribution is 8.76. The lowest BCUT2D eigenvalue weighted by Gasteiger charge is -1.99. The van der Waals surface area contributed by atoms with Gasteiger partial charge in [-0.25, -0.2) is 0 Å². The first-order valence-corrected chi connectivity index (χ1v) is 6.72. The Morgan fingerprint density at radius 2 is 1.79 bits per heavy atom. The standard InChI is InChI=1S/C8H15NO3S2/c1-12-8(11)3-5-14-13-4-2-7(10)6-9/h2-6,9H2,1H3. The number of carbonyl (C=O) groups is 2. The van der Waals surface area contributed by atoms with E-state index in [9.17, 15) is 9.59 Å². The summed E-state index contributed by atoms with van der Waals surface area (Å²) in [5, 5.41) is 0. The Kier molecular flexibility index (Phi) is 9.23. The third-order valence-electron chi connectivity index (χ3n) is 1.39. The molecule has 0 aliphatic heterocycles. The van der Waals surface area contributed by atoms with Crippen molar-refractivity contribution in [2.75, 3.05) is 25.2 Å². The minimum Gasteiger partial charge on any atom is -0.469 e. The van der Waals surface area contributed by atoms with Gasteiger partial charge in [0.25, 0.3) is 0 Å². The maximum absolute atomic E-state index is 10.8. The van der Waals surface area contributed by atoms with E-state index < -0.39 is 0 Å². The first kappa shape index (κ1) is 13.8. The number of ketones is 1. The summed E-state index contributed by atoms with van der Waals surface area (Å²) in [6, 6.07) is 0. The summed E-state index contributed by atoms with van der Waals surface area (Å²) in [5.41, 5.74) is 5.14. The molecular formula is C8H15NO3S2. The number of ether oxygens (including phenoxy) is 1. The predicted molar refractivity (Wildman–Crippen MR) is 60.2 cm³/mol. The van der Waals surface area contributed by atoms with Gasteiger partial charge in [0.1, 0.15) is 5.78 Å². The first-order valence-electron chi connectivity index (χ1n) is 4.23. The minimum atomic E-state index is -0.198. The molecule has 0 amide bonds. The van der Waals surface area contributed by atoms with Gasteiger partial charge < -0.3 is 10.5 Å².